The number of carbonyl (C=O) groups is 2. The number of methoxy groups -OCH3 is 1. The van der Waals surface area contributed by atoms with Gasteiger partial charge in [-0.1, -0.05) is 32.9 Å². The van der Waals surface area contributed by atoms with Crippen LogP contribution in [0.2, 0.25) is 0 Å². The molecule has 1 aromatic heterocycles. The number of hydrogen-bond acceptors (Lipinski definition) is 4. The van der Waals surface area contributed by atoms with Crippen LogP contribution in [0.25, 0.3) is 10.9 Å². The number of Topliss-reactive ketones (excluding diaryl/α,β-unsaturated/α-hetero) is 1. The maximum Gasteiger partial charge on any atom is 0.355 e. The van der Waals surface area contributed by atoms with Crippen molar-refractivity contribution in [1.29, 1.82) is 0 Å². The number of esters is 1. The minimum absolute atomic E-state index is 0.0962. The standard InChI is InChI=1S/C16H17NO4/c1-16(2,3)14(19)11-12(15(20)21-4)17-10-8-6-5-7-9(10)13(11)18/h5-8H,1-4H3,(H,17,18). The summed E-state index contributed by atoms with van der Waals surface area (Å²) in [5.74, 6) is -1.12. The number of pyridine rings is 1. The Morgan fingerprint density at radius 1 is 1.14 bits per heavy atom. The molecular formula is C16H17NO4. The zero-order valence-electron chi connectivity index (χ0n) is 12.4. The molecule has 1 N–H and O–H groups in total. The Balaban J connectivity index is 2.89. The van der Waals surface area contributed by atoms with Crippen LogP contribution in [0.1, 0.15) is 41.6 Å². The van der Waals surface area contributed by atoms with E-state index in [2.05, 4.69) is 9.72 Å². The van der Waals surface area contributed by atoms with E-state index in [-0.39, 0.29) is 11.3 Å². The van der Waals surface area contributed by atoms with E-state index < -0.39 is 22.6 Å². The van der Waals surface area contributed by atoms with Gasteiger partial charge in [0, 0.05) is 16.3 Å². The first-order chi connectivity index (χ1) is 9.77. The average molecular weight is 287 g/mol. The molecule has 2 rings (SSSR count). The molecule has 0 aliphatic carbocycles. The largest absolute Gasteiger partial charge is 0.464 e. The van der Waals surface area contributed by atoms with Crippen LogP contribution in [0.3, 0.4) is 0 Å². The van der Waals surface area contributed by atoms with Crippen LogP contribution < -0.4 is 5.43 Å². The van der Waals surface area contributed by atoms with E-state index in [9.17, 15) is 14.4 Å². The van der Waals surface area contributed by atoms with E-state index in [0.29, 0.717) is 10.9 Å². The second kappa shape index (κ2) is 5.16. The lowest BCUT2D eigenvalue weighted by Gasteiger charge is -2.18. The molecule has 21 heavy (non-hydrogen) atoms. The molecule has 0 saturated carbocycles. The van der Waals surface area contributed by atoms with Crippen LogP contribution in [-0.2, 0) is 4.74 Å². The molecule has 0 atom stereocenters. The Labute approximate surface area is 121 Å². The molecule has 5 nitrogen and oxygen atoms in total. The molecule has 1 aromatic carbocycles. The molecule has 1 heterocycles. The third-order valence-electron chi connectivity index (χ3n) is 3.21. The van der Waals surface area contributed by atoms with Gasteiger partial charge < -0.3 is 9.72 Å². The quantitative estimate of drug-likeness (QED) is 0.680. The van der Waals surface area contributed by atoms with Crippen molar-refractivity contribution in [1.82, 2.24) is 4.98 Å². The SMILES string of the molecule is COC(=O)c1[nH]c2ccccc2c(=O)c1C(=O)C(C)(C)C. The number of ether oxygens (including phenoxy) is 1. The summed E-state index contributed by atoms with van der Waals surface area (Å²) in [7, 11) is 1.21. The third kappa shape index (κ3) is 2.59. The number of ketones is 1. The van der Waals surface area contributed by atoms with Crippen molar-refractivity contribution in [3.05, 3.63) is 45.7 Å². The van der Waals surface area contributed by atoms with Crippen molar-refractivity contribution in [3.8, 4) is 0 Å². The fourth-order valence-electron chi connectivity index (χ4n) is 2.08. The predicted octanol–water partition coefficient (Wildman–Crippen LogP) is 2.54. The molecule has 5 heteroatoms. The van der Waals surface area contributed by atoms with Crippen molar-refractivity contribution in [2.45, 2.75) is 20.8 Å². The molecule has 0 aliphatic rings. The fourth-order valence-corrected chi connectivity index (χ4v) is 2.08. The van der Waals surface area contributed by atoms with Gasteiger partial charge >= 0.3 is 5.97 Å². The Hall–Kier alpha value is -2.43. The zero-order valence-corrected chi connectivity index (χ0v) is 12.4. The van der Waals surface area contributed by atoms with Crippen molar-refractivity contribution >= 4 is 22.7 Å². The summed E-state index contributed by atoms with van der Waals surface area (Å²) in [4.78, 5) is 39.9. The van der Waals surface area contributed by atoms with E-state index in [1.165, 1.54) is 7.11 Å². The molecular weight excluding hydrogens is 270 g/mol. The highest BCUT2D eigenvalue weighted by atomic mass is 16.5. The monoisotopic (exact) mass is 287 g/mol. The average Bonchev–Trinajstić information content (AvgIpc) is 2.44. The molecule has 2 aromatic rings. The second-order valence-electron chi connectivity index (χ2n) is 5.82. The minimum Gasteiger partial charge on any atom is -0.464 e. The smallest absolute Gasteiger partial charge is 0.355 e. The first-order valence-electron chi connectivity index (χ1n) is 6.55. The predicted molar refractivity (Wildman–Crippen MR) is 79.7 cm³/mol. The highest BCUT2D eigenvalue weighted by Crippen LogP contribution is 2.22. The summed E-state index contributed by atoms with van der Waals surface area (Å²) in [6.07, 6.45) is 0. The molecule has 0 bridgehead atoms. The van der Waals surface area contributed by atoms with Crippen molar-refractivity contribution < 1.29 is 14.3 Å². The summed E-state index contributed by atoms with van der Waals surface area (Å²) >= 11 is 0. The molecule has 0 fully saturated rings. The topological polar surface area (TPSA) is 76.2 Å². The van der Waals surface area contributed by atoms with Gasteiger partial charge in [-0.25, -0.2) is 4.79 Å². The zero-order chi connectivity index (χ0) is 15.8. The summed E-state index contributed by atoms with van der Waals surface area (Å²) in [5.41, 5.74) is -0.981. The van der Waals surface area contributed by atoms with Gasteiger partial charge in [-0.2, -0.15) is 0 Å². The lowest BCUT2D eigenvalue weighted by Crippen LogP contribution is -2.30. The number of nitrogens with one attached hydrogen (secondary N) is 1. The summed E-state index contributed by atoms with van der Waals surface area (Å²) in [5, 5.41) is 0.373. The number of aromatic amines is 1. The number of carbonyl (C=O) groups excluding carboxylic acids is 2. The number of H-pyrrole nitrogens is 1. The first kappa shape index (κ1) is 15.0. The maximum absolute atomic E-state index is 12.6. The highest BCUT2D eigenvalue weighted by molar-refractivity contribution is 6.09. The van der Waals surface area contributed by atoms with Crippen molar-refractivity contribution in [3.63, 3.8) is 0 Å². The van der Waals surface area contributed by atoms with Gasteiger partial charge in [0.05, 0.1) is 12.7 Å². The number of hydrogen-bond donors (Lipinski definition) is 1. The molecule has 0 amide bonds. The minimum atomic E-state index is -0.780. The Morgan fingerprint density at radius 2 is 1.76 bits per heavy atom. The normalized spacial score (nSPS) is 11.4. The number of para-hydroxylation sites is 1. The molecule has 0 unspecified atom stereocenters. The van der Waals surface area contributed by atoms with E-state index in [1.807, 2.05) is 0 Å². The van der Waals surface area contributed by atoms with Gasteiger partial charge in [-0.05, 0) is 12.1 Å². The second-order valence-corrected chi connectivity index (χ2v) is 5.82. The van der Waals surface area contributed by atoms with E-state index in [1.54, 1.807) is 45.0 Å². The van der Waals surface area contributed by atoms with Crippen molar-refractivity contribution in [2.24, 2.45) is 5.41 Å². The maximum atomic E-state index is 12.6. The van der Waals surface area contributed by atoms with Gasteiger partial charge in [0.15, 0.2) is 5.78 Å². The molecule has 0 saturated heterocycles. The van der Waals surface area contributed by atoms with Crippen LogP contribution in [0, 0.1) is 5.41 Å². The lowest BCUT2D eigenvalue weighted by atomic mass is 9.85. The Bertz CT molecular complexity index is 781. The van der Waals surface area contributed by atoms with E-state index in [4.69, 9.17) is 0 Å². The van der Waals surface area contributed by atoms with Crippen LogP contribution >= 0.6 is 0 Å². The highest BCUT2D eigenvalue weighted by Gasteiger charge is 2.31. The van der Waals surface area contributed by atoms with Gasteiger partial charge in [0.2, 0.25) is 5.43 Å². The Morgan fingerprint density at radius 3 is 2.33 bits per heavy atom. The van der Waals surface area contributed by atoms with Gasteiger partial charge in [0.1, 0.15) is 5.69 Å². The molecule has 110 valence electrons. The Kier molecular flexibility index (Phi) is 3.68. The van der Waals surface area contributed by atoms with Crippen LogP contribution in [0.5, 0.6) is 0 Å². The van der Waals surface area contributed by atoms with E-state index in [0.717, 1.165) is 0 Å². The molecule has 0 aliphatic heterocycles. The summed E-state index contributed by atoms with van der Waals surface area (Å²) in [6, 6.07) is 6.74. The van der Waals surface area contributed by atoms with Gasteiger partial charge in [0.25, 0.3) is 0 Å². The number of aromatic nitrogens is 1. The van der Waals surface area contributed by atoms with Gasteiger partial charge in [-0.15, -0.1) is 0 Å². The third-order valence-corrected chi connectivity index (χ3v) is 3.21. The lowest BCUT2D eigenvalue weighted by molar-refractivity contribution is 0.0588. The van der Waals surface area contributed by atoms with Gasteiger partial charge in [-0.3, -0.25) is 9.59 Å². The first-order valence-corrected chi connectivity index (χ1v) is 6.55. The summed E-state index contributed by atoms with van der Waals surface area (Å²) < 4.78 is 4.68. The van der Waals surface area contributed by atoms with Crippen LogP contribution in [0.4, 0.5) is 0 Å². The number of rotatable bonds is 2. The van der Waals surface area contributed by atoms with Crippen LogP contribution in [-0.4, -0.2) is 23.8 Å². The molecule has 0 radical (unpaired) electrons. The number of fused-ring (bicyclic) bond motifs is 1. The fraction of sp³-hybridized carbons (Fsp3) is 0.312. The van der Waals surface area contributed by atoms with Crippen LogP contribution in [0.15, 0.2) is 29.1 Å². The van der Waals surface area contributed by atoms with E-state index >= 15 is 0 Å². The summed E-state index contributed by atoms with van der Waals surface area (Å²) in [6.45, 7) is 5.10. The van der Waals surface area contributed by atoms with Crippen molar-refractivity contribution in [2.75, 3.05) is 7.11 Å². The number of benzene rings is 1. The molecule has 0 spiro atoms.